The van der Waals surface area contributed by atoms with E-state index in [4.69, 9.17) is 16.3 Å². The molecular weight excluding hydrogens is 388 g/mol. The van der Waals surface area contributed by atoms with Crippen molar-refractivity contribution in [2.24, 2.45) is 0 Å². The lowest BCUT2D eigenvalue weighted by atomic mass is 10.2. The van der Waals surface area contributed by atoms with E-state index < -0.39 is 6.23 Å². The van der Waals surface area contributed by atoms with E-state index in [1.54, 1.807) is 0 Å². The third-order valence-corrected chi connectivity index (χ3v) is 5.42. The van der Waals surface area contributed by atoms with E-state index >= 15 is 0 Å². The summed E-state index contributed by atoms with van der Waals surface area (Å²) in [6.45, 7) is 2.60. The van der Waals surface area contributed by atoms with Gasteiger partial charge in [-0.05, 0) is 18.6 Å². The molecule has 0 saturated carbocycles. The number of benzene rings is 1. The van der Waals surface area contributed by atoms with Gasteiger partial charge in [-0.1, -0.05) is 57.9 Å². The Morgan fingerprint density at radius 2 is 2.23 bits per heavy atom. The summed E-state index contributed by atoms with van der Waals surface area (Å²) in [7, 11) is 0. The summed E-state index contributed by atoms with van der Waals surface area (Å²) < 4.78 is 7.14. The van der Waals surface area contributed by atoms with E-state index in [-0.39, 0.29) is 6.04 Å². The van der Waals surface area contributed by atoms with Gasteiger partial charge in [0, 0.05) is 10.0 Å². The fourth-order valence-corrected chi connectivity index (χ4v) is 3.99. The fourth-order valence-electron chi connectivity index (χ4n) is 2.45. The quantitative estimate of drug-likeness (QED) is 0.714. The summed E-state index contributed by atoms with van der Waals surface area (Å²) in [6.07, 6.45) is 1.12. The summed E-state index contributed by atoms with van der Waals surface area (Å²) in [4.78, 5) is 17.8. The van der Waals surface area contributed by atoms with Crippen molar-refractivity contribution in [2.75, 3.05) is 11.5 Å². The Hall–Kier alpha value is -0.950. The molecule has 0 amide bonds. The van der Waals surface area contributed by atoms with Crippen LogP contribution in [0.15, 0.2) is 28.7 Å². The van der Waals surface area contributed by atoms with Crippen molar-refractivity contribution in [1.29, 1.82) is 0 Å². The second-order valence-corrected chi connectivity index (χ2v) is 7.45. The van der Waals surface area contributed by atoms with Crippen LogP contribution in [0.4, 0.5) is 5.13 Å². The predicted octanol–water partition coefficient (Wildman–Crippen LogP) is 4.37. The van der Waals surface area contributed by atoms with Gasteiger partial charge in [0.15, 0.2) is 17.6 Å². The van der Waals surface area contributed by atoms with Gasteiger partial charge in [-0.2, -0.15) is 0 Å². The summed E-state index contributed by atoms with van der Waals surface area (Å²) in [5.74, 6) is 0. The molecule has 0 spiro atoms. The maximum atomic E-state index is 11.2. The number of carbonyl (C=O) groups excluding carboxylic acids is 1. The average molecular weight is 402 g/mol. The summed E-state index contributed by atoms with van der Waals surface area (Å²) >= 11 is 11.2. The van der Waals surface area contributed by atoms with Crippen molar-refractivity contribution >= 4 is 50.3 Å². The van der Waals surface area contributed by atoms with Crippen LogP contribution in [-0.2, 0) is 9.53 Å². The highest BCUT2D eigenvalue weighted by molar-refractivity contribution is 9.10. The Bertz CT molecular complexity index is 677. The second kappa shape index (κ2) is 6.66. The van der Waals surface area contributed by atoms with Gasteiger partial charge >= 0.3 is 0 Å². The Balaban J connectivity index is 1.97. The largest absolute Gasteiger partial charge is 0.349 e. The minimum absolute atomic E-state index is 0.148. The van der Waals surface area contributed by atoms with Crippen LogP contribution in [0.1, 0.15) is 13.3 Å². The SMILES string of the molecule is CCC1COC(C=O)N1c1nc(-c2ccc(Br)cc2)c(Cl)s1. The van der Waals surface area contributed by atoms with Gasteiger partial charge in [0.1, 0.15) is 10.0 Å². The summed E-state index contributed by atoms with van der Waals surface area (Å²) in [6, 6.07) is 7.97. The number of rotatable bonds is 4. The Labute approximate surface area is 146 Å². The van der Waals surface area contributed by atoms with Gasteiger partial charge in [-0.25, -0.2) is 4.98 Å². The van der Waals surface area contributed by atoms with Crippen LogP contribution in [0.3, 0.4) is 0 Å². The van der Waals surface area contributed by atoms with Crippen LogP contribution in [-0.4, -0.2) is 30.1 Å². The third-order valence-electron chi connectivity index (χ3n) is 3.63. The van der Waals surface area contributed by atoms with Crippen molar-refractivity contribution in [1.82, 2.24) is 4.98 Å². The maximum Gasteiger partial charge on any atom is 0.190 e. The number of carbonyl (C=O) groups is 1. The normalized spacial score (nSPS) is 21.3. The van der Waals surface area contributed by atoms with Crippen LogP contribution in [0.25, 0.3) is 11.3 Å². The molecule has 0 bridgehead atoms. The zero-order valence-electron chi connectivity index (χ0n) is 11.8. The molecule has 2 heterocycles. The average Bonchev–Trinajstić information content (AvgIpc) is 3.10. The van der Waals surface area contributed by atoms with Crippen LogP contribution >= 0.6 is 38.9 Å². The second-order valence-electron chi connectivity index (χ2n) is 4.95. The molecule has 1 fully saturated rings. The van der Waals surface area contributed by atoms with Gasteiger partial charge in [-0.3, -0.25) is 4.79 Å². The summed E-state index contributed by atoms with van der Waals surface area (Å²) in [5, 5.41) is 0.726. The number of halogens is 2. The highest BCUT2D eigenvalue weighted by Crippen LogP contribution is 2.39. The zero-order valence-corrected chi connectivity index (χ0v) is 15.0. The molecule has 2 aromatic rings. The number of hydrogen-bond donors (Lipinski definition) is 0. The van der Waals surface area contributed by atoms with E-state index in [1.807, 2.05) is 29.2 Å². The highest BCUT2D eigenvalue weighted by atomic mass is 79.9. The molecule has 0 N–H and O–H groups in total. The van der Waals surface area contributed by atoms with Crippen molar-refractivity contribution in [3.63, 3.8) is 0 Å². The monoisotopic (exact) mass is 400 g/mol. The molecule has 1 aliphatic rings. The van der Waals surface area contributed by atoms with Gasteiger partial charge in [0.25, 0.3) is 0 Å². The van der Waals surface area contributed by atoms with E-state index in [1.165, 1.54) is 11.3 Å². The van der Waals surface area contributed by atoms with Crippen molar-refractivity contribution in [3.05, 3.63) is 33.1 Å². The minimum atomic E-state index is -0.579. The molecule has 1 saturated heterocycles. The summed E-state index contributed by atoms with van der Waals surface area (Å²) in [5.41, 5.74) is 1.69. The van der Waals surface area contributed by atoms with Gasteiger partial charge in [-0.15, -0.1) is 0 Å². The smallest absolute Gasteiger partial charge is 0.190 e. The standard InChI is InChI=1S/C15H14BrClN2O2S/c1-2-11-8-21-12(7-20)19(11)15-18-13(14(17)22-15)9-3-5-10(16)6-4-9/h3-7,11-12H,2,8H2,1H3. The molecule has 1 aromatic heterocycles. The molecule has 0 aliphatic carbocycles. The molecular formula is C15H14BrClN2O2S. The van der Waals surface area contributed by atoms with Crippen molar-refractivity contribution < 1.29 is 9.53 Å². The Kier molecular flexibility index (Phi) is 4.82. The van der Waals surface area contributed by atoms with Gasteiger partial charge in [0.05, 0.1) is 12.6 Å². The van der Waals surface area contributed by atoms with Crippen LogP contribution in [0.2, 0.25) is 4.34 Å². The fraction of sp³-hybridized carbons (Fsp3) is 0.333. The molecule has 2 atom stereocenters. The van der Waals surface area contributed by atoms with Crippen LogP contribution in [0.5, 0.6) is 0 Å². The molecule has 2 unspecified atom stereocenters. The lowest BCUT2D eigenvalue weighted by Crippen LogP contribution is -2.37. The number of aromatic nitrogens is 1. The lowest BCUT2D eigenvalue weighted by Gasteiger charge is -2.23. The lowest BCUT2D eigenvalue weighted by molar-refractivity contribution is -0.115. The first kappa shape index (κ1) is 15.9. The van der Waals surface area contributed by atoms with Crippen molar-refractivity contribution in [3.8, 4) is 11.3 Å². The molecule has 1 aromatic carbocycles. The number of anilines is 1. The van der Waals surface area contributed by atoms with Crippen molar-refractivity contribution in [2.45, 2.75) is 25.6 Å². The first-order valence-corrected chi connectivity index (χ1v) is 8.90. The molecule has 1 aliphatic heterocycles. The number of nitrogens with zero attached hydrogens (tertiary/aromatic N) is 2. The first-order chi connectivity index (χ1) is 10.6. The van der Waals surface area contributed by atoms with E-state index in [2.05, 4.69) is 27.8 Å². The Morgan fingerprint density at radius 1 is 1.50 bits per heavy atom. The topological polar surface area (TPSA) is 42.4 Å². The first-order valence-electron chi connectivity index (χ1n) is 6.91. The number of thiazole rings is 1. The van der Waals surface area contributed by atoms with E-state index in [0.717, 1.165) is 33.6 Å². The number of hydrogen-bond acceptors (Lipinski definition) is 5. The maximum absolute atomic E-state index is 11.2. The molecule has 7 heteroatoms. The zero-order chi connectivity index (χ0) is 15.7. The van der Waals surface area contributed by atoms with E-state index in [9.17, 15) is 4.79 Å². The third kappa shape index (κ3) is 2.93. The van der Waals surface area contributed by atoms with E-state index in [0.29, 0.717) is 10.9 Å². The molecule has 0 radical (unpaired) electrons. The van der Waals surface area contributed by atoms with Gasteiger partial charge < -0.3 is 9.64 Å². The molecule has 22 heavy (non-hydrogen) atoms. The number of ether oxygens (including phenoxy) is 1. The molecule has 4 nitrogen and oxygen atoms in total. The predicted molar refractivity (Wildman–Crippen MR) is 92.6 cm³/mol. The molecule has 116 valence electrons. The molecule has 3 rings (SSSR count). The van der Waals surface area contributed by atoms with Crippen LogP contribution in [0, 0.1) is 0 Å². The Morgan fingerprint density at radius 3 is 2.86 bits per heavy atom. The number of aldehydes is 1. The van der Waals surface area contributed by atoms with Crippen LogP contribution < -0.4 is 4.90 Å². The van der Waals surface area contributed by atoms with Gasteiger partial charge in [0.2, 0.25) is 0 Å². The highest BCUT2D eigenvalue weighted by Gasteiger charge is 2.35. The minimum Gasteiger partial charge on any atom is -0.349 e.